The molecular formula is C23H19N3O4. The Kier molecular flexibility index (Phi) is 4.17. The van der Waals surface area contributed by atoms with Crippen LogP contribution in [0.4, 0.5) is 5.82 Å². The highest BCUT2D eigenvalue weighted by atomic mass is 16.5. The predicted molar refractivity (Wildman–Crippen MR) is 111 cm³/mol. The van der Waals surface area contributed by atoms with E-state index in [0.717, 1.165) is 15.7 Å². The molecule has 0 radical (unpaired) electrons. The van der Waals surface area contributed by atoms with Crippen molar-refractivity contribution in [1.29, 1.82) is 0 Å². The highest BCUT2D eigenvalue weighted by molar-refractivity contribution is 5.96. The van der Waals surface area contributed by atoms with Crippen molar-refractivity contribution < 1.29 is 9.53 Å². The van der Waals surface area contributed by atoms with Crippen LogP contribution in [0.1, 0.15) is 22.6 Å². The molecular weight excluding hydrogens is 382 g/mol. The summed E-state index contributed by atoms with van der Waals surface area (Å²) in [6, 6.07) is 18.9. The normalized spacial score (nSPS) is 17.2. The molecule has 2 aliphatic rings. The van der Waals surface area contributed by atoms with Gasteiger partial charge in [0.15, 0.2) is 0 Å². The first-order valence-corrected chi connectivity index (χ1v) is 9.66. The Labute approximate surface area is 171 Å². The number of carbonyl (C=O) groups excluding carboxylic acids is 1. The molecule has 7 heteroatoms. The molecule has 30 heavy (non-hydrogen) atoms. The van der Waals surface area contributed by atoms with Gasteiger partial charge in [-0.3, -0.25) is 13.9 Å². The average Bonchev–Trinajstić information content (AvgIpc) is 3.15. The third-order valence-corrected chi connectivity index (χ3v) is 5.63. The Morgan fingerprint density at radius 2 is 1.67 bits per heavy atom. The summed E-state index contributed by atoms with van der Waals surface area (Å²) in [4.78, 5) is 38.8. The van der Waals surface area contributed by atoms with Gasteiger partial charge in [0.1, 0.15) is 12.4 Å². The first-order chi connectivity index (χ1) is 14.6. The van der Waals surface area contributed by atoms with Gasteiger partial charge in [0.2, 0.25) is 0 Å². The summed E-state index contributed by atoms with van der Waals surface area (Å²) in [6.45, 7) is 0.383. The van der Waals surface area contributed by atoms with Crippen LogP contribution in [0.15, 0.2) is 81.5 Å². The zero-order valence-electron chi connectivity index (χ0n) is 16.3. The Morgan fingerprint density at radius 1 is 1.00 bits per heavy atom. The van der Waals surface area contributed by atoms with Crippen LogP contribution in [0.2, 0.25) is 0 Å². The number of hydrogen-bond donors (Lipinski definition) is 1. The summed E-state index contributed by atoms with van der Waals surface area (Å²) >= 11 is 0. The number of rotatable bonds is 3. The summed E-state index contributed by atoms with van der Waals surface area (Å²) in [6.07, 6.45) is 0. The van der Waals surface area contributed by atoms with Crippen LogP contribution < -0.4 is 16.6 Å². The second-order valence-corrected chi connectivity index (χ2v) is 7.42. The number of aromatic nitrogens is 2. The van der Waals surface area contributed by atoms with Crippen molar-refractivity contribution in [3.05, 3.63) is 109 Å². The monoisotopic (exact) mass is 401 g/mol. The molecule has 2 aliphatic heterocycles. The van der Waals surface area contributed by atoms with Crippen molar-refractivity contribution in [2.24, 2.45) is 7.05 Å². The topological polar surface area (TPSA) is 82.3 Å². The first kappa shape index (κ1) is 18.2. The van der Waals surface area contributed by atoms with E-state index in [1.165, 1.54) is 7.05 Å². The minimum absolute atomic E-state index is 0.0890. The molecule has 5 rings (SSSR count). The number of nitrogens with one attached hydrogen (secondary N) is 1. The number of anilines is 1. The number of cyclic esters (lactones) is 1. The van der Waals surface area contributed by atoms with Gasteiger partial charge in [-0.1, -0.05) is 60.7 Å². The molecule has 0 saturated carbocycles. The fraction of sp³-hybridized carbons (Fsp3) is 0.174. The fourth-order valence-electron chi connectivity index (χ4n) is 4.18. The minimum Gasteiger partial charge on any atom is -0.456 e. The van der Waals surface area contributed by atoms with E-state index in [9.17, 15) is 14.4 Å². The maximum Gasteiger partial charge on any atom is 0.337 e. The number of fused-ring (bicyclic) bond motifs is 1. The molecule has 7 nitrogen and oxygen atoms in total. The lowest BCUT2D eigenvalue weighted by Crippen LogP contribution is -2.44. The fourth-order valence-corrected chi connectivity index (χ4v) is 4.18. The number of hydrogen-bond acceptors (Lipinski definition) is 5. The molecule has 1 N–H and O–H groups in total. The van der Waals surface area contributed by atoms with Crippen LogP contribution in [0.5, 0.6) is 0 Å². The van der Waals surface area contributed by atoms with Gasteiger partial charge in [-0.15, -0.1) is 0 Å². The van der Waals surface area contributed by atoms with Gasteiger partial charge in [-0.25, -0.2) is 9.59 Å². The third-order valence-electron chi connectivity index (χ3n) is 5.63. The predicted octanol–water partition coefficient (Wildman–Crippen LogP) is 1.96. The molecule has 0 aliphatic carbocycles. The van der Waals surface area contributed by atoms with Gasteiger partial charge >= 0.3 is 11.7 Å². The largest absolute Gasteiger partial charge is 0.456 e. The molecule has 2 aromatic carbocycles. The van der Waals surface area contributed by atoms with Gasteiger partial charge in [0.05, 0.1) is 29.3 Å². The summed E-state index contributed by atoms with van der Waals surface area (Å²) in [5, 5.41) is 3.17. The van der Waals surface area contributed by atoms with E-state index in [2.05, 4.69) is 5.32 Å². The van der Waals surface area contributed by atoms with Gasteiger partial charge in [-0.2, -0.15) is 0 Å². The molecule has 0 saturated heterocycles. The van der Waals surface area contributed by atoms with Crippen molar-refractivity contribution in [2.75, 3.05) is 11.9 Å². The van der Waals surface area contributed by atoms with E-state index >= 15 is 0 Å². The van der Waals surface area contributed by atoms with Crippen LogP contribution in [-0.4, -0.2) is 21.7 Å². The molecule has 0 bridgehead atoms. The van der Waals surface area contributed by atoms with Crippen LogP contribution in [-0.2, 0) is 23.1 Å². The lowest BCUT2D eigenvalue weighted by Gasteiger charge is -2.29. The molecule has 0 spiro atoms. The maximum absolute atomic E-state index is 13.3. The van der Waals surface area contributed by atoms with E-state index in [1.54, 1.807) is 4.57 Å². The number of benzene rings is 2. The summed E-state index contributed by atoms with van der Waals surface area (Å²) < 4.78 is 7.92. The summed E-state index contributed by atoms with van der Waals surface area (Å²) in [7, 11) is 1.46. The second-order valence-electron chi connectivity index (χ2n) is 7.42. The van der Waals surface area contributed by atoms with E-state index in [4.69, 9.17) is 4.74 Å². The van der Waals surface area contributed by atoms with Crippen LogP contribution in [0.3, 0.4) is 0 Å². The number of nitrogens with zero attached hydrogens (tertiary/aromatic N) is 2. The van der Waals surface area contributed by atoms with Crippen molar-refractivity contribution in [2.45, 2.75) is 12.5 Å². The Balaban J connectivity index is 1.80. The first-order valence-electron chi connectivity index (χ1n) is 9.66. The van der Waals surface area contributed by atoms with E-state index < -0.39 is 23.1 Å². The quantitative estimate of drug-likeness (QED) is 0.679. The van der Waals surface area contributed by atoms with Gasteiger partial charge in [0.25, 0.3) is 5.56 Å². The summed E-state index contributed by atoms with van der Waals surface area (Å²) in [5.41, 5.74) is 2.28. The van der Waals surface area contributed by atoms with Crippen molar-refractivity contribution in [3.63, 3.8) is 0 Å². The number of carbonyl (C=O) groups is 1. The minimum atomic E-state index is -0.603. The van der Waals surface area contributed by atoms with Gasteiger partial charge in [-0.05, 0) is 11.1 Å². The number of ether oxygens (including phenoxy) is 1. The van der Waals surface area contributed by atoms with Crippen LogP contribution >= 0.6 is 0 Å². The highest BCUT2D eigenvalue weighted by Gasteiger charge is 2.41. The lowest BCUT2D eigenvalue weighted by atomic mass is 9.82. The van der Waals surface area contributed by atoms with Crippen LogP contribution in [0.25, 0.3) is 0 Å². The Hall–Kier alpha value is -3.87. The Morgan fingerprint density at radius 3 is 2.37 bits per heavy atom. The third kappa shape index (κ3) is 2.70. The van der Waals surface area contributed by atoms with Crippen molar-refractivity contribution >= 4 is 11.8 Å². The molecule has 0 fully saturated rings. The van der Waals surface area contributed by atoms with Gasteiger partial charge in [0, 0.05) is 7.05 Å². The Bertz CT molecular complexity index is 1300. The molecule has 1 aromatic heterocycles. The van der Waals surface area contributed by atoms with E-state index in [-0.39, 0.29) is 6.61 Å². The SMILES string of the molecule is Cn1c(=O)c2c(n(Cc3ccccc3)c1=O)NC1=C(C(=O)OC1)[C@H]2c1ccccc1. The second kappa shape index (κ2) is 6.88. The van der Waals surface area contributed by atoms with E-state index in [1.807, 2.05) is 60.7 Å². The molecule has 150 valence electrons. The average molecular weight is 401 g/mol. The summed E-state index contributed by atoms with van der Waals surface area (Å²) in [5.74, 6) is -0.633. The molecule has 0 unspecified atom stereocenters. The van der Waals surface area contributed by atoms with Crippen LogP contribution in [0, 0.1) is 0 Å². The molecule has 3 heterocycles. The molecule has 3 aromatic rings. The van der Waals surface area contributed by atoms with Gasteiger partial charge < -0.3 is 10.1 Å². The zero-order chi connectivity index (χ0) is 20.8. The highest BCUT2D eigenvalue weighted by Crippen LogP contribution is 2.42. The van der Waals surface area contributed by atoms with Crippen molar-refractivity contribution in [3.8, 4) is 0 Å². The lowest BCUT2D eigenvalue weighted by molar-refractivity contribution is -0.136. The van der Waals surface area contributed by atoms with Crippen molar-refractivity contribution in [1.82, 2.24) is 9.13 Å². The standard InChI is InChI=1S/C23H19N3O4/c1-25-21(27)19-17(15-10-6-3-7-11-15)18-16(13-30-22(18)28)24-20(19)26(23(25)29)12-14-8-4-2-5-9-14/h2-11,17,24H,12-13H2,1H3/t17-/m1/s1. The molecule has 0 amide bonds. The molecule has 1 atom stereocenters. The zero-order valence-corrected chi connectivity index (χ0v) is 16.3. The number of esters is 1. The smallest absolute Gasteiger partial charge is 0.337 e. The van der Waals surface area contributed by atoms with E-state index in [0.29, 0.717) is 29.2 Å². The maximum atomic E-state index is 13.3.